The molecule has 0 fully saturated rings. The minimum Gasteiger partial charge on any atom is -0.398 e. The van der Waals surface area contributed by atoms with E-state index >= 15 is 0 Å². The highest BCUT2D eigenvalue weighted by molar-refractivity contribution is 6.33. The average molecular weight is 233 g/mol. The number of nitrogens with zero attached hydrogens (tertiary/aromatic N) is 1. The highest BCUT2D eigenvalue weighted by Gasteiger charge is 2.00. The van der Waals surface area contributed by atoms with E-state index in [1.54, 1.807) is 0 Å². The molecule has 1 heterocycles. The van der Waals surface area contributed by atoms with E-state index < -0.39 is 0 Å². The van der Waals surface area contributed by atoms with Gasteiger partial charge in [-0.3, -0.25) is 4.98 Å². The molecule has 3 heteroatoms. The Morgan fingerprint density at radius 2 is 2.00 bits per heavy atom. The lowest BCUT2D eigenvalue weighted by Gasteiger charge is -2.03. The third-order valence-corrected chi connectivity index (χ3v) is 2.79. The van der Waals surface area contributed by atoms with Gasteiger partial charge in [-0.2, -0.15) is 0 Å². The average Bonchev–Trinajstić information content (AvgIpc) is 2.32. The van der Waals surface area contributed by atoms with Crippen LogP contribution in [0.1, 0.15) is 11.3 Å². The third-order valence-electron chi connectivity index (χ3n) is 2.46. The number of hydrogen-bond donors (Lipinski definition) is 1. The van der Waals surface area contributed by atoms with Crippen LogP contribution in [0.2, 0.25) is 5.02 Å². The summed E-state index contributed by atoms with van der Waals surface area (Å²) in [6.45, 7) is 0. The van der Waals surface area contributed by atoms with Gasteiger partial charge in [-0.25, -0.2) is 0 Å². The summed E-state index contributed by atoms with van der Waals surface area (Å²) in [6, 6.07) is 11.7. The zero-order valence-electron chi connectivity index (χ0n) is 8.86. The topological polar surface area (TPSA) is 38.9 Å². The fraction of sp³-hybridized carbons (Fsp3) is 0.154. The summed E-state index contributed by atoms with van der Waals surface area (Å²) in [5.74, 6) is 0. The molecule has 2 rings (SSSR count). The van der Waals surface area contributed by atoms with Crippen LogP contribution in [-0.2, 0) is 12.8 Å². The molecule has 0 aliphatic rings. The molecule has 16 heavy (non-hydrogen) atoms. The normalized spacial score (nSPS) is 10.3. The van der Waals surface area contributed by atoms with Gasteiger partial charge in [0, 0.05) is 11.9 Å². The Morgan fingerprint density at radius 1 is 1.12 bits per heavy atom. The summed E-state index contributed by atoms with van der Waals surface area (Å²) in [4.78, 5) is 4.28. The maximum Gasteiger partial charge on any atom is 0.0638 e. The van der Waals surface area contributed by atoms with Gasteiger partial charge in [0.2, 0.25) is 0 Å². The zero-order chi connectivity index (χ0) is 11.4. The predicted octanol–water partition coefficient (Wildman–Crippen LogP) is 3.10. The van der Waals surface area contributed by atoms with Crippen molar-refractivity contribution in [3.05, 3.63) is 58.9 Å². The summed E-state index contributed by atoms with van der Waals surface area (Å²) in [5.41, 5.74) is 8.56. The van der Waals surface area contributed by atoms with Gasteiger partial charge in [0.05, 0.1) is 10.7 Å². The molecule has 0 saturated carbocycles. The van der Waals surface area contributed by atoms with E-state index in [1.165, 1.54) is 5.56 Å². The van der Waals surface area contributed by atoms with Crippen molar-refractivity contribution in [3.63, 3.8) is 0 Å². The van der Waals surface area contributed by atoms with Crippen molar-refractivity contribution in [1.82, 2.24) is 4.98 Å². The van der Waals surface area contributed by atoms with E-state index in [1.807, 2.05) is 42.6 Å². The number of benzene rings is 1. The van der Waals surface area contributed by atoms with E-state index in [2.05, 4.69) is 4.98 Å². The van der Waals surface area contributed by atoms with Gasteiger partial charge in [0.15, 0.2) is 0 Å². The monoisotopic (exact) mass is 232 g/mol. The molecule has 82 valence electrons. The second-order valence-corrected chi connectivity index (χ2v) is 4.08. The molecule has 0 aliphatic heterocycles. The molecule has 0 spiro atoms. The summed E-state index contributed by atoms with van der Waals surface area (Å²) in [7, 11) is 0. The molecule has 0 radical (unpaired) electrons. The summed E-state index contributed by atoms with van der Waals surface area (Å²) in [6.07, 6.45) is 3.66. The Hall–Kier alpha value is -1.54. The molecule has 0 aliphatic carbocycles. The molecular formula is C13H13ClN2. The number of halogens is 1. The van der Waals surface area contributed by atoms with Crippen LogP contribution in [0.25, 0.3) is 0 Å². The lowest BCUT2D eigenvalue weighted by atomic mass is 10.1. The lowest BCUT2D eigenvalue weighted by Crippen LogP contribution is -1.95. The van der Waals surface area contributed by atoms with Gasteiger partial charge in [-0.1, -0.05) is 23.7 Å². The molecule has 2 nitrogen and oxygen atoms in total. The Bertz CT molecular complexity index is 469. The zero-order valence-corrected chi connectivity index (χ0v) is 9.61. The highest BCUT2D eigenvalue weighted by Crippen LogP contribution is 2.20. The number of nitrogens with two attached hydrogens (primary N) is 1. The molecule has 2 aromatic rings. The number of nitrogen functional groups attached to an aromatic ring is 1. The van der Waals surface area contributed by atoms with Gasteiger partial charge in [0.25, 0.3) is 0 Å². The predicted molar refractivity (Wildman–Crippen MR) is 67.5 cm³/mol. The largest absolute Gasteiger partial charge is 0.398 e. The maximum absolute atomic E-state index is 5.95. The number of hydrogen-bond acceptors (Lipinski definition) is 2. The van der Waals surface area contributed by atoms with Crippen LogP contribution in [0, 0.1) is 0 Å². The molecule has 1 aromatic carbocycles. The van der Waals surface area contributed by atoms with E-state index in [4.69, 9.17) is 17.3 Å². The van der Waals surface area contributed by atoms with Gasteiger partial charge in [-0.05, 0) is 42.7 Å². The number of aryl methyl sites for hydroxylation is 2. The molecule has 0 atom stereocenters. The summed E-state index contributed by atoms with van der Waals surface area (Å²) >= 11 is 5.95. The second kappa shape index (κ2) is 4.99. The van der Waals surface area contributed by atoms with Crippen LogP contribution < -0.4 is 5.73 Å². The van der Waals surface area contributed by atoms with Gasteiger partial charge in [-0.15, -0.1) is 0 Å². The minimum absolute atomic E-state index is 0.624. The van der Waals surface area contributed by atoms with E-state index in [0.29, 0.717) is 10.7 Å². The third kappa shape index (κ3) is 2.74. The van der Waals surface area contributed by atoms with Crippen molar-refractivity contribution in [2.75, 3.05) is 5.73 Å². The van der Waals surface area contributed by atoms with Crippen LogP contribution in [-0.4, -0.2) is 4.98 Å². The highest BCUT2D eigenvalue weighted by atomic mass is 35.5. The molecular weight excluding hydrogens is 220 g/mol. The van der Waals surface area contributed by atoms with E-state index in [-0.39, 0.29) is 0 Å². The van der Waals surface area contributed by atoms with Crippen LogP contribution in [0.4, 0.5) is 5.69 Å². The Kier molecular flexibility index (Phi) is 3.42. The van der Waals surface area contributed by atoms with Gasteiger partial charge >= 0.3 is 0 Å². The molecule has 0 unspecified atom stereocenters. The lowest BCUT2D eigenvalue weighted by molar-refractivity contribution is 0.914. The Labute approximate surface area is 100 Å². The van der Waals surface area contributed by atoms with E-state index in [9.17, 15) is 0 Å². The molecule has 0 saturated heterocycles. The number of aromatic nitrogens is 1. The van der Waals surface area contributed by atoms with E-state index in [0.717, 1.165) is 18.5 Å². The minimum atomic E-state index is 0.624. The number of pyridine rings is 1. The van der Waals surface area contributed by atoms with Gasteiger partial charge < -0.3 is 5.73 Å². The molecule has 2 N–H and O–H groups in total. The number of rotatable bonds is 3. The summed E-state index contributed by atoms with van der Waals surface area (Å²) < 4.78 is 0. The molecule has 1 aromatic heterocycles. The van der Waals surface area contributed by atoms with Crippen LogP contribution >= 0.6 is 11.6 Å². The smallest absolute Gasteiger partial charge is 0.0638 e. The first kappa shape index (κ1) is 11.0. The molecule has 0 bridgehead atoms. The Morgan fingerprint density at radius 3 is 2.69 bits per heavy atom. The Balaban J connectivity index is 2.03. The number of anilines is 1. The van der Waals surface area contributed by atoms with Crippen LogP contribution in [0.5, 0.6) is 0 Å². The SMILES string of the molecule is Nc1ccc(CCc2ccccn2)cc1Cl. The van der Waals surface area contributed by atoms with Crippen molar-refractivity contribution in [1.29, 1.82) is 0 Å². The fourth-order valence-corrected chi connectivity index (χ4v) is 1.75. The first-order chi connectivity index (χ1) is 7.75. The first-order valence-electron chi connectivity index (χ1n) is 5.19. The van der Waals surface area contributed by atoms with Crippen molar-refractivity contribution in [2.24, 2.45) is 0 Å². The maximum atomic E-state index is 5.95. The van der Waals surface area contributed by atoms with Crippen molar-refractivity contribution in [2.45, 2.75) is 12.8 Å². The van der Waals surface area contributed by atoms with Crippen molar-refractivity contribution >= 4 is 17.3 Å². The van der Waals surface area contributed by atoms with Crippen molar-refractivity contribution < 1.29 is 0 Å². The van der Waals surface area contributed by atoms with Crippen molar-refractivity contribution in [3.8, 4) is 0 Å². The second-order valence-electron chi connectivity index (χ2n) is 3.68. The fourth-order valence-electron chi connectivity index (χ4n) is 1.54. The van der Waals surface area contributed by atoms with Crippen LogP contribution in [0.3, 0.4) is 0 Å². The van der Waals surface area contributed by atoms with Crippen LogP contribution in [0.15, 0.2) is 42.6 Å². The summed E-state index contributed by atoms with van der Waals surface area (Å²) in [5, 5.41) is 0.624. The first-order valence-corrected chi connectivity index (χ1v) is 5.57. The standard InChI is InChI=1S/C13H13ClN2/c14-12-9-10(5-7-13(12)15)4-6-11-3-1-2-8-16-11/h1-3,5,7-9H,4,6,15H2. The van der Waals surface area contributed by atoms with Gasteiger partial charge in [0.1, 0.15) is 0 Å². The quantitative estimate of drug-likeness (QED) is 0.826. The molecule has 0 amide bonds.